The van der Waals surface area contributed by atoms with Gasteiger partial charge < -0.3 is 0 Å². The van der Waals surface area contributed by atoms with Gasteiger partial charge in [-0.15, -0.1) is 0 Å². The number of ketones is 1. The highest BCUT2D eigenvalue weighted by molar-refractivity contribution is 6.09. The average Bonchev–Trinajstić information content (AvgIpc) is 2.45. The van der Waals surface area contributed by atoms with E-state index in [1.807, 2.05) is 54.6 Å². The number of hydrogen-bond acceptors (Lipinski definition) is 1. The first kappa shape index (κ1) is 11.9. The van der Waals surface area contributed by atoms with Crippen LogP contribution in [0, 0.1) is 11.8 Å². The lowest BCUT2D eigenvalue weighted by Gasteiger charge is -1.90. The van der Waals surface area contributed by atoms with Gasteiger partial charge in [-0.05, 0) is 23.6 Å². The molecule has 0 aliphatic rings. The number of carbonyl (C=O) groups is 1. The van der Waals surface area contributed by atoms with Gasteiger partial charge in [-0.25, -0.2) is 0 Å². The summed E-state index contributed by atoms with van der Waals surface area (Å²) >= 11 is 0. The zero-order valence-electron chi connectivity index (χ0n) is 9.84. The monoisotopic (exact) mass is 232 g/mol. The number of rotatable bonds is 2. The lowest BCUT2D eigenvalue weighted by molar-refractivity contribution is 0.105. The molecule has 2 aromatic carbocycles. The fraction of sp³-hybridized carbons (Fsp3) is 0. The third kappa shape index (κ3) is 3.47. The van der Waals surface area contributed by atoms with Crippen LogP contribution in [0.2, 0.25) is 0 Å². The fourth-order valence-corrected chi connectivity index (χ4v) is 1.47. The van der Waals surface area contributed by atoms with Crippen LogP contribution in [-0.2, 0) is 0 Å². The van der Waals surface area contributed by atoms with E-state index in [1.165, 1.54) is 0 Å². The lowest BCUT2D eigenvalue weighted by Crippen LogP contribution is -1.92. The molecule has 0 amide bonds. The highest BCUT2D eigenvalue weighted by atomic mass is 16.1. The molecule has 0 atom stereocenters. The molecule has 0 aromatic heterocycles. The van der Waals surface area contributed by atoms with Crippen molar-refractivity contribution in [3.8, 4) is 11.8 Å². The summed E-state index contributed by atoms with van der Waals surface area (Å²) in [4.78, 5) is 11.6. The van der Waals surface area contributed by atoms with Crippen LogP contribution in [0.25, 0.3) is 6.08 Å². The Morgan fingerprint density at radius 1 is 0.889 bits per heavy atom. The third-order valence-electron chi connectivity index (χ3n) is 2.38. The molecule has 0 radical (unpaired) electrons. The Morgan fingerprint density at radius 2 is 1.50 bits per heavy atom. The molecule has 0 aliphatic carbocycles. The molecule has 0 saturated heterocycles. The normalized spacial score (nSPS) is 9.78. The van der Waals surface area contributed by atoms with Crippen LogP contribution in [0.1, 0.15) is 15.9 Å². The molecule has 86 valence electrons. The maximum Gasteiger partial charge on any atom is 0.236 e. The zero-order chi connectivity index (χ0) is 12.6. The third-order valence-corrected chi connectivity index (χ3v) is 2.38. The Morgan fingerprint density at radius 3 is 2.17 bits per heavy atom. The molecule has 1 heteroatoms. The molecule has 18 heavy (non-hydrogen) atoms. The van der Waals surface area contributed by atoms with Gasteiger partial charge in [0.15, 0.2) is 0 Å². The van der Waals surface area contributed by atoms with E-state index in [0.717, 1.165) is 5.56 Å². The number of Topliss-reactive ketones (excluding diaryl/α,β-unsaturated/α-hetero) is 1. The summed E-state index contributed by atoms with van der Waals surface area (Å²) in [5.74, 6) is 5.19. The van der Waals surface area contributed by atoms with Crippen LogP contribution in [-0.4, -0.2) is 5.78 Å². The van der Waals surface area contributed by atoms with Gasteiger partial charge in [0.2, 0.25) is 5.78 Å². The lowest BCUT2D eigenvalue weighted by atomic mass is 10.1. The number of allylic oxidation sites excluding steroid dienone is 1. The summed E-state index contributed by atoms with van der Waals surface area (Å²) in [6.07, 6.45) is 3.57. The summed E-state index contributed by atoms with van der Waals surface area (Å²) in [7, 11) is 0. The van der Waals surface area contributed by atoms with Crippen LogP contribution >= 0.6 is 0 Å². The van der Waals surface area contributed by atoms with Gasteiger partial charge >= 0.3 is 0 Å². The van der Waals surface area contributed by atoms with Crippen LogP contribution in [0.5, 0.6) is 0 Å². The Hall–Kier alpha value is -2.59. The quantitative estimate of drug-likeness (QED) is 0.439. The maximum atomic E-state index is 11.6. The van der Waals surface area contributed by atoms with Crippen molar-refractivity contribution in [1.82, 2.24) is 0 Å². The minimum Gasteiger partial charge on any atom is -0.279 e. The molecule has 1 nitrogen and oxygen atoms in total. The van der Waals surface area contributed by atoms with Crippen molar-refractivity contribution in [2.45, 2.75) is 0 Å². The minimum absolute atomic E-state index is 0.159. The molecule has 0 heterocycles. The van der Waals surface area contributed by atoms with E-state index < -0.39 is 0 Å². The topological polar surface area (TPSA) is 17.1 Å². The van der Waals surface area contributed by atoms with Crippen molar-refractivity contribution in [3.63, 3.8) is 0 Å². The second-order valence-corrected chi connectivity index (χ2v) is 3.71. The Kier molecular flexibility index (Phi) is 4.11. The van der Waals surface area contributed by atoms with Gasteiger partial charge in [0.25, 0.3) is 0 Å². The summed E-state index contributed by atoms with van der Waals surface area (Å²) < 4.78 is 0. The molecule has 2 aromatic rings. The maximum absolute atomic E-state index is 11.6. The highest BCUT2D eigenvalue weighted by Crippen LogP contribution is 2.01. The Bertz CT molecular complexity index is 598. The SMILES string of the molecule is O=C(C#C/C=C/c1ccccc1)c1ccccc1. The molecule has 0 saturated carbocycles. The van der Waals surface area contributed by atoms with E-state index in [4.69, 9.17) is 0 Å². The summed E-state index contributed by atoms with van der Waals surface area (Å²) in [5, 5.41) is 0. The standard InChI is InChI=1S/C17H12O/c18-17(16-12-5-2-6-13-16)14-8-7-11-15-9-3-1-4-10-15/h1-7,9-13H/b11-7+. The van der Waals surface area contributed by atoms with Gasteiger partial charge in [0.1, 0.15) is 0 Å². The Labute approximate surface area is 107 Å². The molecule has 0 bridgehead atoms. The van der Waals surface area contributed by atoms with Crippen molar-refractivity contribution in [1.29, 1.82) is 0 Å². The van der Waals surface area contributed by atoms with Crippen molar-refractivity contribution < 1.29 is 4.79 Å². The van der Waals surface area contributed by atoms with Crippen molar-refractivity contribution in [2.24, 2.45) is 0 Å². The minimum atomic E-state index is -0.159. The first-order valence-corrected chi connectivity index (χ1v) is 5.69. The van der Waals surface area contributed by atoms with Crippen LogP contribution in [0.15, 0.2) is 66.7 Å². The molecular formula is C17H12O. The number of carbonyl (C=O) groups excluding carboxylic acids is 1. The average molecular weight is 232 g/mol. The number of benzene rings is 2. The highest BCUT2D eigenvalue weighted by Gasteiger charge is 1.97. The van der Waals surface area contributed by atoms with Gasteiger partial charge in [-0.3, -0.25) is 4.79 Å². The number of hydrogen-bond donors (Lipinski definition) is 0. The molecule has 0 aliphatic heterocycles. The second kappa shape index (κ2) is 6.22. The molecule has 0 unspecified atom stereocenters. The summed E-state index contributed by atoms with van der Waals surface area (Å²) in [5.41, 5.74) is 1.69. The smallest absolute Gasteiger partial charge is 0.236 e. The second-order valence-electron chi connectivity index (χ2n) is 3.71. The van der Waals surface area contributed by atoms with E-state index in [-0.39, 0.29) is 5.78 Å². The summed E-state index contributed by atoms with van der Waals surface area (Å²) in [6.45, 7) is 0. The Balaban J connectivity index is 2.02. The first-order chi connectivity index (χ1) is 8.86. The van der Waals surface area contributed by atoms with Gasteiger partial charge in [0, 0.05) is 5.56 Å². The molecule has 0 N–H and O–H groups in total. The van der Waals surface area contributed by atoms with Gasteiger partial charge in [0.05, 0.1) is 0 Å². The van der Waals surface area contributed by atoms with Crippen molar-refractivity contribution >= 4 is 11.9 Å². The molecule has 2 rings (SSSR count). The predicted molar refractivity (Wildman–Crippen MR) is 74.0 cm³/mol. The van der Waals surface area contributed by atoms with E-state index in [0.29, 0.717) is 5.56 Å². The molecular weight excluding hydrogens is 220 g/mol. The molecule has 0 fully saturated rings. The predicted octanol–water partition coefficient (Wildman–Crippen LogP) is 3.59. The van der Waals surface area contributed by atoms with Crippen molar-refractivity contribution in [2.75, 3.05) is 0 Å². The van der Waals surface area contributed by atoms with E-state index in [2.05, 4.69) is 11.8 Å². The van der Waals surface area contributed by atoms with Gasteiger partial charge in [-0.1, -0.05) is 66.6 Å². The fourth-order valence-electron chi connectivity index (χ4n) is 1.47. The largest absolute Gasteiger partial charge is 0.279 e. The van der Waals surface area contributed by atoms with Crippen LogP contribution in [0.4, 0.5) is 0 Å². The van der Waals surface area contributed by atoms with Crippen molar-refractivity contribution in [3.05, 3.63) is 77.9 Å². The first-order valence-electron chi connectivity index (χ1n) is 5.69. The van der Waals surface area contributed by atoms with Crippen LogP contribution in [0.3, 0.4) is 0 Å². The van der Waals surface area contributed by atoms with Crippen LogP contribution < -0.4 is 0 Å². The van der Waals surface area contributed by atoms with E-state index >= 15 is 0 Å². The molecule has 0 spiro atoms. The zero-order valence-corrected chi connectivity index (χ0v) is 9.84. The van der Waals surface area contributed by atoms with Gasteiger partial charge in [-0.2, -0.15) is 0 Å². The summed E-state index contributed by atoms with van der Waals surface area (Å²) in [6, 6.07) is 18.9. The van der Waals surface area contributed by atoms with E-state index in [9.17, 15) is 4.79 Å². The van der Waals surface area contributed by atoms with E-state index in [1.54, 1.807) is 18.2 Å².